The van der Waals surface area contributed by atoms with Gasteiger partial charge in [0.1, 0.15) is 18.3 Å². The Balaban J connectivity index is 2.33. The minimum atomic E-state index is 0.403. The predicted octanol–water partition coefficient (Wildman–Crippen LogP) is 5.56. The molecule has 0 saturated heterocycles. The second kappa shape index (κ2) is 10.4. The van der Waals surface area contributed by atoms with Crippen molar-refractivity contribution in [3.8, 4) is 5.75 Å². The van der Waals surface area contributed by atoms with Crippen molar-refractivity contribution >= 4 is 28.9 Å². The summed E-state index contributed by atoms with van der Waals surface area (Å²) >= 11 is 0.974. The van der Waals surface area contributed by atoms with Gasteiger partial charge in [0.15, 0.2) is 5.62 Å². The van der Waals surface area contributed by atoms with Crippen LogP contribution in [0.15, 0.2) is 71.2 Å². The van der Waals surface area contributed by atoms with Crippen molar-refractivity contribution in [2.24, 2.45) is 0 Å². The predicted molar refractivity (Wildman–Crippen MR) is 113 cm³/mol. The summed E-state index contributed by atoms with van der Waals surface area (Å²) in [5.74, 6) is 2.66. The Labute approximate surface area is 164 Å². The largest absolute Gasteiger partial charge is 0.489 e. The van der Waals surface area contributed by atoms with Gasteiger partial charge in [-0.15, -0.1) is 0 Å². The van der Waals surface area contributed by atoms with Crippen molar-refractivity contribution in [2.75, 3.05) is 0 Å². The third-order valence-electron chi connectivity index (χ3n) is 4.13. The summed E-state index contributed by atoms with van der Waals surface area (Å²) < 4.78 is 6.00. The van der Waals surface area contributed by atoms with Crippen molar-refractivity contribution in [2.45, 2.75) is 27.4 Å². The van der Waals surface area contributed by atoms with Gasteiger partial charge in [0, 0.05) is 10.5 Å². The summed E-state index contributed by atoms with van der Waals surface area (Å²) in [7, 11) is 0. The van der Waals surface area contributed by atoms with Crippen LogP contribution in [0, 0.1) is 6.92 Å². The van der Waals surface area contributed by atoms with E-state index in [1.807, 2.05) is 80.5 Å². The van der Waals surface area contributed by atoms with Crippen LogP contribution in [0.2, 0.25) is 0 Å². The van der Waals surface area contributed by atoms with Crippen LogP contribution in [0.25, 0.3) is 5.57 Å². The Morgan fingerprint density at radius 1 is 1.15 bits per heavy atom. The fourth-order valence-electron chi connectivity index (χ4n) is 2.61. The highest BCUT2D eigenvalue weighted by molar-refractivity contribution is 8.15. The lowest BCUT2D eigenvalue weighted by Crippen LogP contribution is -1.99. The zero-order chi connectivity index (χ0) is 19.6. The van der Waals surface area contributed by atoms with Gasteiger partial charge in [0.2, 0.25) is 0 Å². The molecule has 0 radical (unpaired) electrons. The van der Waals surface area contributed by atoms with E-state index >= 15 is 0 Å². The molecule has 0 bridgehead atoms. The molecule has 2 aromatic carbocycles. The van der Waals surface area contributed by atoms with E-state index in [1.54, 1.807) is 6.92 Å². The van der Waals surface area contributed by atoms with Crippen LogP contribution in [0.1, 0.15) is 30.5 Å². The van der Waals surface area contributed by atoms with Crippen LogP contribution in [0.5, 0.6) is 5.75 Å². The number of benzene rings is 2. The molecule has 0 spiro atoms. The summed E-state index contributed by atoms with van der Waals surface area (Å²) in [4.78, 5) is 22.5. The summed E-state index contributed by atoms with van der Waals surface area (Å²) in [6.45, 7) is 6.06. The van der Waals surface area contributed by atoms with Gasteiger partial charge in [0.05, 0.1) is 0 Å². The van der Waals surface area contributed by atoms with Gasteiger partial charge in [0.25, 0.3) is 0 Å². The molecular weight excluding hydrogens is 356 g/mol. The molecule has 0 aromatic heterocycles. The molecule has 27 heavy (non-hydrogen) atoms. The van der Waals surface area contributed by atoms with E-state index in [0.717, 1.165) is 39.8 Å². The highest BCUT2D eigenvalue weighted by Crippen LogP contribution is 2.31. The third-order valence-corrected chi connectivity index (χ3v) is 4.90. The number of rotatable bonds is 8. The zero-order valence-corrected chi connectivity index (χ0v) is 16.5. The standard InChI is InChI=1S/C23H22O3S/c1-4-20(13-23(27-16-25)17(2)14-24)21-11-8-12-22(18(21)3)26-15-19-9-6-5-7-10-19/h4-13,16H,15H2,1-3H3/b20-4-,23-13-. The van der Waals surface area contributed by atoms with Gasteiger partial charge in [-0.3, -0.25) is 4.79 Å². The lowest BCUT2D eigenvalue weighted by atomic mass is 9.98. The van der Waals surface area contributed by atoms with Crippen molar-refractivity contribution in [1.29, 1.82) is 0 Å². The summed E-state index contributed by atoms with van der Waals surface area (Å²) in [6.07, 6.45) is 3.79. The van der Waals surface area contributed by atoms with Crippen LogP contribution in [0.4, 0.5) is 0 Å². The smallest absolute Gasteiger partial charge is 0.180 e. The van der Waals surface area contributed by atoms with Gasteiger partial charge < -0.3 is 4.74 Å². The molecule has 138 valence electrons. The number of hydrogen-bond donors (Lipinski definition) is 0. The van der Waals surface area contributed by atoms with Crippen LogP contribution < -0.4 is 4.74 Å². The second-order valence-electron chi connectivity index (χ2n) is 5.90. The minimum absolute atomic E-state index is 0.403. The van der Waals surface area contributed by atoms with Gasteiger partial charge in [-0.05, 0) is 55.2 Å². The highest BCUT2D eigenvalue weighted by Gasteiger charge is 2.10. The lowest BCUT2D eigenvalue weighted by Gasteiger charge is -2.14. The molecule has 4 heteroatoms. The quantitative estimate of drug-likeness (QED) is 0.342. The molecule has 0 aliphatic rings. The molecule has 3 nitrogen and oxygen atoms in total. The molecule has 0 heterocycles. The second-order valence-corrected chi connectivity index (χ2v) is 6.76. The molecule has 0 saturated carbocycles. The van der Waals surface area contributed by atoms with E-state index in [-0.39, 0.29) is 0 Å². The Morgan fingerprint density at radius 2 is 1.89 bits per heavy atom. The van der Waals surface area contributed by atoms with E-state index in [2.05, 4.69) is 0 Å². The lowest BCUT2D eigenvalue weighted by molar-refractivity contribution is 0.304. The number of carbonyl (C=O) groups is 1. The van der Waals surface area contributed by atoms with Gasteiger partial charge >= 0.3 is 0 Å². The molecule has 2 rings (SSSR count). The average Bonchev–Trinajstić information content (AvgIpc) is 2.71. The number of thioether (sulfide) groups is 1. The molecular formula is C23H22O3S. The average molecular weight is 378 g/mol. The van der Waals surface area contributed by atoms with Gasteiger partial charge in [-0.25, -0.2) is 4.79 Å². The van der Waals surface area contributed by atoms with Crippen molar-refractivity contribution < 1.29 is 14.3 Å². The molecule has 0 amide bonds. The Bertz CT molecular complexity index is 904. The monoisotopic (exact) mass is 378 g/mol. The fourth-order valence-corrected chi connectivity index (χ4v) is 3.13. The minimum Gasteiger partial charge on any atom is -0.489 e. The molecule has 2 aromatic rings. The van der Waals surface area contributed by atoms with Crippen LogP contribution in [-0.4, -0.2) is 11.6 Å². The van der Waals surface area contributed by atoms with Crippen molar-refractivity contribution in [1.82, 2.24) is 0 Å². The zero-order valence-electron chi connectivity index (χ0n) is 15.7. The van der Waals surface area contributed by atoms with E-state index in [4.69, 9.17) is 4.74 Å². The van der Waals surface area contributed by atoms with E-state index in [1.165, 1.54) is 0 Å². The third kappa shape index (κ3) is 5.58. The SMILES string of the molecule is C/C=C(/C=C(\SC=O)C(C)=C=O)c1cccc(OCc2ccccc2)c1C. The topological polar surface area (TPSA) is 43.4 Å². The molecule has 0 N–H and O–H groups in total. The molecule has 0 aliphatic heterocycles. The maximum atomic E-state index is 11.0. The fraction of sp³-hybridized carbons (Fsp3) is 0.174. The van der Waals surface area contributed by atoms with Crippen LogP contribution in [-0.2, 0) is 16.2 Å². The van der Waals surface area contributed by atoms with Gasteiger partial charge in [-0.1, -0.05) is 60.3 Å². The van der Waals surface area contributed by atoms with E-state index in [9.17, 15) is 9.59 Å². The maximum Gasteiger partial charge on any atom is 0.180 e. The van der Waals surface area contributed by atoms with Crippen LogP contribution in [0.3, 0.4) is 0 Å². The van der Waals surface area contributed by atoms with Crippen molar-refractivity contribution in [3.05, 3.63) is 87.9 Å². The highest BCUT2D eigenvalue weighted by atomic mass is 32.2. The molecule has 0 fully saturated rings. The summed E-state index contributed by atoms with van der Waals surface area (Å²) in [5.41, 5.74) is 5.13. The summed E-state index contributed by atoms with van der Waals surface area (Å²) in [5, 5.41) is 0. The first-order valence-corrected chi connectivity index (χ1v) is 9.45. The van der Waals surface area contributed by atoms with Crippen LogP contribution >= 0.6 is 11.8 Å². The van der Waals surface area contributed by atoms with E-state index in [0.29, 0.717) is 22.7 Å². The normalized spacial score (nSPS) is 11.7. The number of carbonyl (C=O) groups excluding carboxylic acids is 2. The number of hydrogen-bond acceptors (Lipinski definition) is 4. The number of ether oxygens (including phenoxy) is 1. The van der Waals surface area contributed by atoms with E-state index < -0.39 is 0 Å². The first-order valence-electron chi connectivity index (χ1n) is 8.57. The Hall–Kier alpha value is -2.81. The molecule has 0 aliphatic carbocycles. The molecule has 0 unspecified atom stereocenters. The Morgan fingerprint density at radius 3 is 2.52 bits per heavy atom. The van der Waals surface area contributed by atoms with Crippen molar-refractivity contribution in [3.63, 3.8) is 0 Å². The van der Waals surface area contributed by atoms with Gasteiger partial charge in [-0.2, -0.15) is 0 Å². The summed E-state index contributed by atoms with van der Waals surface area (Å²) in [6, 6.07) is 15.9. The first-order chi connectivity index (χ1) is 13.1. The maximum absolute atomic E-state index is 11.0. The number of allylic oxidation sites excluding steroid dienone is 4. The first kappa shape index (κ1) is 20.5. The molecule has 0 atom stereocenters. The Kier molecular flexibility index (Phi) is 7.87.